The fourth-order valence-corrected chi connectivity index (χ4v) is 1.49. The maximum Gasteiger partial charge on any atom is 0.159 e. The van der Waals surface area contributed by atoms with E-state index in [9.17, 15) is 10.2 Å². The van der Waals surface area contributed by atoms with Gasteiger partial charge >= 0.3 is 0 Å². The van der Waals surface area contributed by atoms with E-state index in [1.807, 2.05) is 23.8 Å². The summed E-state index contributed by atoms with van der Waals surface area (Å²) in [4.78, 5) is 0. The summed E-state index contributed by atoms with van der Waals surface area (Å²) in [5.41, 5.74) is 0.942. The number of aromatic nitrogens is 1. The van der Waals surface area contributed by atoms with Crippen LogP contribution in [0.3, 0.4) is 0 Å². The molecular formula is C10H12BrNO2. The molecule has 0 aliphatic heterocycles. The van der Waals surface area contributed by atoms with Crippen LogP contribution in [-0.4, -0.2) is 14.8 Å². The molecule has 0 fully saturated rings. The number of fused-ring (bicyclic) bond motifs is 1. The van der Waals surface area contributed by atoms with Crippen LogP contribution in [0.4, 0.5) is 0 Å². The van der Waals surface area contributed by atoms with Gasteiger partial charge in [0.2, 0.25) is 0 Å². The highest BCUT2D eigenvalue weighted by molar-refractivity contribution is 8.93. The molecule has 0 atom stereocenters. The van der Waals surface area contributed by atoms with Crippen molar-refractivity contribution in [2.75, 3.05) is 0 Å². The Morgan fingerprint density at radius 1 is 1.21 bits per heavy atom. The highest BCUT2D eigenvalue weighted by Gasteiger charge is 2.04. The Morgan fingerprint density at radius 3 is 2.50 bits per heavy atom. The maximum absolute atomic E-state index is 9.29. The molecule has 0 aliphatic carbocycles. The predicted molar refractivity (Wildman–Crippen MR) is 61.3 cm³/mol. The van der Waals surface area contributed by atoms with Gasteiger partial charge in [-0.3, -0.25) is 0 Å². The van der Waals surface area contributed by atoms with Gasteiger partial charge in [-0.1, -0.05) is 0 Å². The lowest BCUT2D eigenvalue weighted by molar-refractivity contribution is 0.404. The number of benzene rings is 1. The van der Waals surface area contributed by atoms with Crippen LogP contribution in [0.1, 0.15) is 6.92 Å². The minimum absolute atomic E-state index is 0. The van der Waals surface area contributed by atoms with E-state index in [4.69, 9.17) is 0 Å². The van der Waals surface area contributed by atoms with Crippen LogP contribution in [0.2, 0.25) is 0 Å². The Labute approximate surface area is 92.4 Å². The van der Waals surface area contributed by atoms with E-state index < -0.39 is 0 Å². The van der Waals surface area contributed by atoms with Crippen LogP contribution in [-0.2, 0) is 6.54 Å². The van der Waals surface area contributed by atoms with Gasteiger partial charge < -0.3 is 14.8 Å². The van der Waals surface area contributed by atoms with Gasteiger partial charge in [0, 0.05) is 24.2 Å². The molecule has 3 nitrogen and oxygen atoms in total. The molecule has 0 radical (unpaired) electrons. The van der Waals surface area contributed by atoms with Crippen molar-refractivity contribution in [3.05, 3.63) is 24.4 Å². The Hall–Kier alpha value is -1.16. The minimum Gasteiger partial charge on any atom is -0.504 e. The first kappa shape index (κ1) is 10.9. The predicted octanol–water partition coefficient (Wildman–Crippen LogP) is 2.65. The number of hydrogen-bond donors (Lipinski definition) is 2. The van der Waals surface area contributed by atoms with Crippen molar-refractivity contribution in [2.45, 2.75) is 13.5 Å². The number of halogens is 1. The maximum atomic E-state index is 9.29. The normalized spacial score (nSPS) is 10.1. The number of hydrogen-bond acceptors (Lipinski definition) is 2. The highest BCUT2D eigenvalue weighted by Crippen LogP contribution is 2.30. The molecule has 2 N–H and O–H groups in total. The highest BCUT2D eigenvalue weighted by atomic mass is 79.9. The molecule has 0 amide bonds. The van der Waals surface area contributed by atoms with Crippen LogP contribution >= 0.6 is 17.0 Å². The summed E-state index contributed by atoms with van der Waals surface area (Å²) < 4.78 is 2.01. The van der Waals surface area contributed by atoms with E-state index in [1.165, 1.54) is 0 Å². The molecule has 14 heavy (non-hydrogen) atoms. The van der Waals surface area contributed by atoms with E-state index in [1.54, 1.807) is 12.1 Å². The first-order valence-corrected chi connectivity index (χ1v) is 4.23. The standard InChI is InChI=1S/C10H11NO2.BrH/c1-2-11-4-3-7-5-9(12)10(13)6-8(7)11;/h3-6,12-13H,2H2,1H3;1H. The number of phenolic OH excluding ortho intramolecular Hbond substituents is 2. The van der Waals surface area contributed by atoms with Crippen molar-refractivity contribution in [2.24, 2.45) is 0 Å². The summed E-state index contributed by atoms with van der Waals surface area (Å²) in [7, 11) is 0. The monoisotopic (exact) mass is 257 g/mol. The lowest BCUT2D eigenvalue weighted by Crippen LogP contribution is -1.89. The number of phenols is 2. The summed E-state index contributed by atoms with van der Waals surface area (Å²) in [6.45, 7) is 2.89. The molecule has 0 saturated carbocycles. The van der Waals surface area contributed by atoms with Crippen molar-refractivity contribution in [3.63, 3.8) is 0 Å². The molecule has 2 rings (SSSR count). The van der Waals surface area contributed by atoms with Crippen molar-refractivity contribution in [3.8, 4) is 11.5 Å². The molecular weight excluding hydrogens is 246 g/mol. The minimum atomic E-state index is -0.0686. The zero-order valence-electron chi connectivity index (χ0n) is 7.77. The Balaban J connectivity index is 0.000000980. The molecule has 0 aliphatic rings. The Morgan fingerprint density at radius 2 is 1.86 bits per heavy atom. The van der Waals surface area contributed by atoms with Gasteiger partial charge in [-0.2, -0.15) is 0 Å². The number of aryl methyl sites for hydroxylation is 1. The van der Waals surface area contributed by atoms with E-state index >= 15 is 0 Å². The first-order chi connectivity index (χ1) is 6.22. The largest absolute Gasteiger partial charge is 0.504 e. The molecule has 76 valence electrons. The molecule has 0 saturated heterocycles. The average molecular weight is 258 g/mol. The van der Waals surface area contributed by atoms with E-state index in [-0.39, 0.29) is 28.5 Å². The summed E-state index contributed by atoms with van der Waals surface area (Å²) in [6.07, 6.45) is 1.93. The van der Waals surface area contributed by atoms with Crippen LogP contribution in [0.15, 0.2) is 24.4 Å². The molecule has 0 bridgehead atoms. The zero-order valence-corrected chi connectivity index (χ0v) is 9.48. The molecule has 1 aromatic heterocycles. The van der Waals surface area contributed by atoms with Gasteiger partial charge in [0.1, 0.15) is 0 Å². The van der Waals surface area contributed by atoms with Gasteiger partial charge in [-0.25, -0.2) is 0 Å². The summed E-state index contributed by atoms with van der Waals surface area (Å²) in [5.74, 6) is -0.137. The zero-order chi connectivity index (χ0) is 9.42. The summed E-state index contributed by atoms with van der Waals surface area (Å²) in [5, 5.41) is 19.5. The number of rotatable bonds is 1. The quantitative estimate of drug-likeness (QED) is 0.772. The SMILES string of the molecule is Br.CCn1ccc2cc(O)c(O)cc21. The summed E-state index contributed by atoms with van der Waals surface area (Å²) in [6, 6.07) is 5.06. The fourth-order valence-electron chi connectivity index (χ4n) is 1.49. The van der Waals surface area contributed by atoms with Crippen LogP contribution in [0.25, 0.3) is 10.9 Å². The molecule has 0 spiro atoms. The average Bonchev–Trinajstić information content (AvgIpc) is 2.48. The third-order valence-electron chi connectivity index (χ3n) is 2.21. The third kappa shape index (κ3) is 1.57. The lowest BCUT2D eigenvalue weighted by Gasteiger charge is -2.02. The topological polar surface area (TPSA) is 45.4 Å². The van der Waals surface area contributed by atoms with Gasteiger partial charge in [-0.05, 0) is 19.1 Å². The van der Waals surface area contributed by atoms with Crippen LogP contribution in [0, 0.1) is 0 Å². The third-order valence-corrected chi connectivity index (χ3v) is 2.21. The molecule has 4 heteroatoms. The molecule has 1 heterocycles. The van der Waals surface area contributed by atoms with E-state index in [2.05, 4.69) is 0 Å². The van der Waals surface area contributed by atoms with Gasteiger partial charge in [-0.15, -0.1) is 17.0 Å². The van der Waals surface area contributed by atoms with Crippen molar-refractivity contribution in [1.82, 2.24) is 4.57 Å². The fraction of sp³-hybridized carbons (Fsp3) is 0.200. The second-order valence-corrected chi connectivity index (χ2v) is 3.00. The van der Waals surface area contributed by atoms with Gasteiger partial charge in [0.25, 0.3) is 0 Å². The lowest BCUT2D eigenvalue weighted by atomic mass is 10.2. The summed E-state index contributed by atoms with van der Waals surface area (Å²) >= 11 is 0. The Bertz CT molecular complexity index is 451. The van der Waals surface area contributed by atoms with E-state index in [0.717, 1.165) is 17.4 Å². The van der Waals surface area contributed by atoms with Crippen molar-refractivity contribution in [1.29, 1.82) is 0 Å². The molecule has 0 unspecified atom stereocenters. The van der Waals surface area contributed by atoms with Crippen molar-refractivity contribution >= 4 is 27.9 Å². The van der Waals surface area contributed by atoms with Crippen LogP contribution in [0.5, 0.6) is 11.5 Å². The van der Waals surface area contributed by atoms with Crippen molar-refractivity contribution < 1.29 is 10.2 Å². The molecule has 1 aromatic carbocycles. The Kier molecular flexibility index (Phi) is 3.06. The first-order valence-electron chi connectivity index (χ1n) is 4.23. The van der Waals surface area contributed by atoms with Gasteiger partial charge in [0.05, 0.1) is 5.52 Å². The van der Waals surface area contributed by atoms with Crippen LogP contribution < -0.4 is 0 Å². The number of aromatic hydroxyl groups is 2. The molecule has 2 aromatic rings. The smallest absolute Gasteiger partial charge is 0.159 e. The van der Waals surface area contributed by atoms with E-state index in [0.29, 0.717) is 0 Å². The number of nitrogens with zero attached hydrogens (tertiary/aromatic N) is 1. The van der Waals surface area contributed by atoms with Gasteiger partial charge in [0.15, 0.2) is 11.5 Å². The second kappa shape index (κ2) is 3.92. The second-order valence-electron chi connectivity index (χ2n) is 3.00.